The Hall–Kier alpha value is -2.93. The van der Waals surface area contributed by atoms with Gasteiger partial charge in [0.1, 0.15) is 5.82 Å². The van der Waals surface area contributed by atoms with Gasteiger partial charge in [0.15, 0.2) is 5.69 Å². The maximum Gasteiger partial charge on any atom is 0.354 e. The van der Waals surface area contributed by atoms with Crippen LogP contribution >= 0.6 is 0 Å². The molecule has 0 saturated carbocycles. The first-order valence-electron chi connectivity index (χ1n) is 8.93. The Morgan fingerprint density at radius 2 is 1.96 bits per heavy atom. The average Bonchev–Trinajstić information content (AvgIpc) is 2.68. The number of rotatable bonds is 6. The number of carbonyl (C=O) groups is 1. The molecule has 0 spiro atoms. The molecule has 142 valence electrons. The maximum absolute atomic E-state index is 11.6. The number of methoxy groups -OCH3 is 1. The molecule has 3 rings (SSSR count). The Bertz CT molecular complexity index is 831. The minimum absolute atomic E-state index is 0.0395. The summed E-state index contributed by atoms with van der Waals surface area (Å²) in [6.07, 6.45) is 1.94. The molecule has 7 nitrogen and oxygen atoms in total. The standard InChI is InChI=1S/C20H24N4O3/c1-13(21)18-17(24-10-8-15(27-2)9-11-24)12-16(20(25)26)23-19(18)22-14-6-4-3-5-7-14/h3-7,12,15,21H,8-11H2,1-2H3,(H,22,23)(H,25,26). The van der Waals surface area contributed by atoms with E-state index in [1.807, 2.05) is 30.3 Å². The third-order valence-electron chi connectivity index (χ3n) is 4.75. The number of aromatic nitrogens is 1. The summed E-state index contributed by atoms with van der Waals surface area (Å²) in [5.74, 6) is -0.703. The number of carboxylic acids is 1. The molecule has 2 aromatic rings. The number of nitrogens with one attached hydrogen (secondary N) is 2. The SMILES string of the molecule is COC1CCN(c2cc(C(=O)O)nc(Nc3ccccc3)c2C(C)=N)CC1. The van der Waals surface area contributed by atoms with Gasteiger partial charge in [-0.05, 0) is 38.0 Å². The van der Waals surface area contributed by atoms with Crippen molar-refractivity contribution >= 4 is 28.9 Å². The van der Waals surface area contributed by atoms with Crippen LogP contribution in [0.15, 0.2) is 36.4 Å². The molecule has 1 fully saturated rings. The number of carboxylic acid groups (broad SMARTS) is 1. The number of hydrogen-bond donors (Lipinski definition) is 3. The summed E-state index contributed by atoms with van der Waals surface area (Å²) in [4.78, 5) is 18.0. The first-order chi connectivity index (χ1) is 13.0. The highest BCUT2D eigenvalue weighted by Gasteiger charge is 2.25. The van der Waals surface area contributed by atoms with E-state index in [0.717, 1.165) is 37.3 Å². The summed E-state index contributed by atoms with van der Waals surface area (Å²) < 4.78 is 5.43. The fraction of sp³-hybridized carbons (Fsp3) is 0.350. The van der Waals surface area contributed by atoms with E-state index in [1.54, 1.807) is 20.1 Å². The molecule has 1 aromatic heterocycles. The van der Waals surface area contributed by atoms with Crippen LogP contribution in [0.4, 0.5) is 17.2 Å². The third kappa shape index (κ3) is 4.25. The molecule has 1 saturated heterocycles. The monoisotopic (exact) mass is 368 g/mol. The van der Waals surface area contributed by atoms with E-state index < -0.39 is 5.97 Å². The molecule has 0 bridgehead atoms. The third-order valence-corrected chi connectivity index (χ3v) is 4.75. The van der Waals surface area contributed by atoms with Gasteiger partial charge in [0.25, 0.3) is 0 Å². The van der Waals surface area contributed by atoms with Crippen molar-refractivity contribution in [1.29, 1.82) is 5.41 Å². The van der Waals surface area contributed by atoms with Gasteiger partial charge >= 0.3 is 5.97 Å². The van der Waals surface area contributed by atoms with Crippen molar-refractivity contribution in [2.75, 3.05) is 30.4 Å². The van der Waals surface area contributed by atoms with Crippen molar-refractivity contribution in [1.82, 2.24) is 4.98 Å². The molecule has 0 aliphatic carbocycles. The number of benzene rings is 1. The second-order valence-electron chi connectivity index (χ2n) is 6.59. The summed E-state index contributed by atoms with van der Waals surface area (Å²) in [6, 6.07) is 11.0. The summed E-state index contributed by atoms with van der Waals surface area (Å²) in [7, 11) is 1.71. The molecule has 1 aliphatic heterocycles. The lowest BCUT2D eigenvalue weighted by molar-refractivity contribution is 0.0690. The summed E-state index contributed by atoms with van der Waals surface area (Å²) in [5, 5.41) is 21.0. The van der Waals surface area contributed by atoms with E-state index in [0.29, 0.717) is 17.1 Å². The average molecular weight is 368 g/mol. The van der Waals surface area contributed by atoms with Gasteiger partial charge in [0, 0.05) is 31.6 Å². The predicted molar refractivity (Wildman–Crippen MR) is 106 cm³/mol. The molecule has 2 heterocycles. The number of ether oxygens (including phenoxy) is 1. The number of aromatic carboxylic acids is 1. The number of piperidine rings is 1. The first kappa shape index (κ1) is 18.8. The van der Waals surface area contributed by atoms with Crippen LogP contribution in [0.1, 0.15) is 35.8 Å². The molecular formula is C20H24N4O3. The van der Waals surface area contributed by atoms with Crippen molar-refractivity contribution in [3.05, 3.63) is 47.7 Å². The lowest BCUT2D eigenvalue weighted by atomic mass is 10.0. The van der Waals surface area contributed by atoms with Crippen molar-refractivity contribution in [2.24, 2.45) is 0 Å². The fourth-order valence-electron chi connectivity index (χ4n) is 3.34. The van der Waals surface area contributed by atoms with Crippen molar-refractivity contribution < 1.29 is 14.6 Å². The summed E-state index contributed by atoms with van der Waals surface area (Å²) in [5.41, 5.74) is 2.44. The molecule has 27 heavy (non-hydrogen) atoms. The van der Waals surface area contributed by atoms with Crippen molar-refractivity contribution in [2.45, 2.75) is 25.9 Å². The number of pyridine rings is 1. The van der Waals surface area contributed by atoms with E-state index in [9.17, 15) is 9.90 Å². The van der Waals surface area contributed by atoms with Crippen LogP contribution in [-0.4, -0.2) is 48.1 Å². The highest BCUT2D eigenvalue weighted by molar-refractivity contribution is 6.07. The second kappa shape index (κ2) is 8.18. The Labute approximate surface area is 158 Å². The van der Waals surface area contributed by atoms with Gasteiger partial charge in [-0.15, -0.1) is 0 Å². The topological polar surface area (TPSA) is 98.5 Å². The first-order valence-corrected chi connectivity index (χ1v) is 8.93. The highest BCUT2D eigenvalue weighted by Crippen LogP contribution is 2.32. The quantitative estimate of drug-likeness (QED) is 0.675. The van der Waals surface area contributed by atoms with Crippen molar-refractivity contribution in [3.63, 3.8) is 0 Å². The van der Waals surface area contributed by atoms with Gasteiger partial charge < -0.3 is 25.5 Å². The van der Waals surface area contributed by atoms with E-state index in [4.69, 9.17) is 10.1 Å². The van der Waals surface area contributed by atoms with Gasteiger partial charge in [-0.2, -0.15) is 0 Å². The van der Waals surface area contributed by atoms with Crippen LogP contribution in [0.3, 0.4) is 0 Å². The normalized spacial score (nSPS) is 14.8. The molecule has 7 heteroatoms. The van der Waals surface area contributed by atoms with Crippen LogP contribution in [0.2, 0.25) is 0 Å². The molecule has 1 aliphatic rings. The van der Waals surface area contributed by atoms with Crippen LogP contribution in [0, 0.1) is 5.41 Å². The molecule has 0 unspecified atom stereocenters. The molecule has 0 radical (unpaired) electrons. The Kier molecular flexibility index (Phi) is 5.71. The lowest BCUT2D eigenvalue weighted by Crippen LogP contribution is -2.37. The Morgan fingerprint density at radius 3 is 2.52 bits per heavy atom. The minimum atomic E-state index is -1.09. The number of anilines is 3. The van der Waals surface area contributed by atoms with E-state index in [-0.39, 0.29) is 11.8 Å². The number of hydrogen-bond acceptors (Lipinski definition) is 6. The van der Waals surface area contributed by atoms with Gasteiger partial charge in [-0.25, -0.2) is 9.78 Å². The van der Waals surface area contributed by atoms with Crippen LogP contribution in [0.5, 0.6) is 0 Å². The number of nitrogens with zero attached hydrogens (tertiary/aromatic N) is 2. The van der Waals surface area contributed by atoms with E-state index >= 15 is 0 Å². The van der Waals surface area contributed by atoms with E-state index in [1.165, 1.54) is 0 Å². The summed E-state index contributed by atoms with van der Waals surface area (Å²) in [6.45, 7) is 3.18. The summed E-state index contributed by atoms with van der Waals surface area (Å²) >= 11 is 0. The zero-order chi connectivity index (χ0) is 19.4. The van der Waals surface area contributed by atoms with Gasteiger partial charge in [-0.1, -0.05) is 18.2 Å². The smallest absolute Gasteiger partial charge is 0.354 e. The maximum atomic E-state index is 11.6. The molecular weight excluding hydrogens is 344 g/mol. The highest BCUT2D eigenvalue weighted by atomic mass is 16.5. The largest absolute Gasteiger partial charge is 0.477 e. The van der Waals surface area contributed by atoms with Gasteiger partial charge in [0.05, 0.1) is 17.4 Å². The molecule has 0 atom stereocenters. The van der Waals surface area contributed by atoms with Crippen molar-refractivity contribution in [3.8, 4) is 0 Å². The fourth-order valence-corrected chi connectivity index (χ4v) is 3.34. The predicted octanol–water partition coefficient (Wildman–Crippen LogP) is 3.53. The molecule has 3 N–H and O–H groups in total. The van der Waals surface area contributed by atoms with Gasteiger partial charge in [0.2, 0.25) is 0 Å². The van der Waals surface area contributed by atoms with Gasteiger partial charge in [-0.3, -0.25) is 0 Å². The minimum Gasteiger partial charge on any atom is -0.477 e. The Balaban J connectivity index is 2.05. The zero-order valence-electron chi connectivity index (χ0n) is 15.5. The van der Waals surface area contributed by atoms with Crippen LogP contribution < -0.4 is 10.2 Å². The lowest BCUT2D eigenvalue weighted by Gasteiger charge is -2.34. The molecule has 1 aromatic carbocycles. The van der Waals surface area contributed by atoms with Crippen LogP contribution in [-0.2, 0) is 4.74 Å². The number of para-hydroxylation sites is 1. The molecule has 0 amide bonds. The van der Waals surface area contributed by atoms with E-state index in [2.05, 4.69) is 15.2 Å². The Morgan fingerprint density at radius 1 is 1.30 bits per heavy atom. The second-order valence-corrected chi connectivity index (χ2v) is 6.59. The zero-order valence-corrected chi connectivity index (χ0v) is 15.5. The van der Waals surface area contributed by atoms with Crippen LogP contribution in [0.25, 0.3) is 0 Å².